The fourth-order valence-electron chi connectivity index (χ4n) is 7.93. The number of rotatable bonds is 15. The molecule has 16 atom stereocenters. The Labute approximate surface area is 392 Å². The number of fused-ring (bicyclic) bond motifs is 1. The molecule has 7 rings (SSSR count). The first-order valence-electron chi connectivity index (χ1n) is 21.3. The number of hydrogen-bond acceptors (Lipinski definition) is 24. The normalized spacial score (nSPS) is 33.4. The predicted molar refractivity (Wildman–Crippen MR) is 229 cm³/mol. The molecule has 0 radical (unpaired) electrons. The van der Waals surface area contributed by atoms with Crippen LogP contribution in [-0.4, -0.2) is 194 Å². The quantitative estimate of drug-likeness (QED) is 0.0604. The number of carbonyl (C=O) groups excluding carboxylic acids is 1. The van der Waals surface area contributed by atoms with Gasteiger partial charge >= 0.3 is 5.97 Å². The third-order valence-electron chi connectivity index (χ3n) is 11.8. The number of ether oxygens (including phenoxy) is 11. The lowest BCUT2D eigenvalue weighted by Crippen LogP contribution is -2.61. The average Bonchev–Trinajstić information content (AvgIpc) is 3.33. The van der Waals surface area contributed by atoms with E-state index in [1.165, 1.54) is 76.8 Å². The lowest BCUT2D eigenvalue weighted by Gasteiger charge is -2.43. The molecule has 12 N–H and O–H groups in total. The van der Waals surface area contributed by atoms with Gasteiger partial charge in [-0.15, -0.1) is 0 Å². The van der Waals surface area contributed by atoms with Crippen molar-refractivity contribution >= 4 is 18.1 Å². The standard InChI is InChI=1S/C45H54O24/c1-17-41(69-31(49)8-6-18-5-7-22(48)25(9-18)59-2)37(55)40(58)43(63-17)62-16-30-34(52)36(54)39(57)45(68-30)66-28-14-21-23(64-42(28)19-10-26(60-3)32(50)27(11-19)61-4)12-20(47)13-24(21)65-44-38(56)35(53)33(51)29(15-46)67-44/h5-14,17,29-30,33-48,50-58H,15-16H2,1-4H3/b8-6+/t17-,29+,30+,33+,34+,35-,36-,37-,38+,39+,40+,41-,42?,43+,44+,45+/m0/s1. The molecule has 3 aromatic rings. The first-order valence-corrected chi connectivity index (χ1v) is 21.3. The highest BCUT2D eigenvalue weighted by Gasteiger charge is 2.50. The summed E-state index contributed by atoms with van der Waals surface area (Å²) in [5.41, 5.74) is 0.648. The molecule has 4 aliphatic rings. The summed E-state index contributed by atoms with van der Waals surface area (Å²) in [5.74, 6) is -2.39. The Hall–Kier alpha value is -5.71. The molecule has 378 valence electrons. The highest BCUT2D eigenvalue weighted by Crippen LogP contribution is 2.48. The van der Waals surface area contributed by atoms with Crippen molar-refractivity contribution in [1.82, 2.24) is 0 Å². The van der Waals surface area contributed by atoms with Gasteiger partial charge in [-0.25, -0.2) is 4.79 Å². The van der Waals surface area contributed by atoms with Gasteiger partial charge in [-0.05, 0) is 48.9 Å². The second-order valence-electron chi connectivity index (χ2n) is 16.3. The van der Waals surface area contributed by atoms with Crippen molar-refractivity contribution in [2.45, 2.75) is 105 Å². The van der Waals surface area contributed by atoms with E-state index in [9.17, 15) is 66.1 Å². The number of carbonyl (C=O) groups is 1. The molecule has 4 aliphatic heterocycles. The monoisotopic (exact) mass is 978 g/mol. The number of hydrogen-bond donors (Lipinski definition) is 12. The zero-order chi connectivity index (χ0) is 50.0. The van der Waals surface area contributed by atoms with Gasteiger partial charge < -0.3 is 113 Å². The number of aromatic hydroxyl groups is 3. The number of methoxy groups -OCH3 is 3. The van der Waals surface area contributed by atoms with E-state index < -0.39 is 123 Å². The van der Waals surface area contributed by atoms with Gasteiger partial charge in [0.15, 0.2) is 41.5 Å². The van der Waals surface area contributed by atoms with Crippen molar-refractivity contribution in [3.63, 3.8) is 0 Å². The summed E-state index contributed by atoms with van der Waals surface area (Å²) < 4.78 is 62.5. The number of phenols is 3. The molecule has 24 heteroatoms. The second kappa shape index (κ2) is 21.5. The molecule has 1 unspecified atom stereocenters. The molecule has 0 bridgehead atoms. The van der Waals surface area contributed by atoms with E-state index in [-0.39, 0.29) is 57.1 Å². The minimum Gasteiger partial charge on any atom is -0.508 e. The molecule has 0 aromatic heterocycles. The Bertz CT molecular complexity index is 2310. The third kappa shape index (κ3) is 10.7. The molecule has 3 saturated heterocycles. The summed E-state index contributed by atoms with van der Waals surface area (Å²) in [6, 6.07) is 9.32. The van der Waals surface area contributed by atoms with Gasteiger partial charge in [0, 0.05) is 23.8 Å². The van der Waals surface area contributed by atoms with Gasteiger partial charge in [0.25, 0.3) is 0 Å². The Kier molecular flexibility index (Phi) is 15.9. The van der Waals surface area contributed by atoms with Crippen LogP contribution >= 0.6 is 0 Å². The van der Waals surface area contributed by atoms with Gasteiger partial charge in [-0.2, -0.15) is 0 Å². The van der Waals surface area contributed by atoms with Crippen LogP contribution in [0.1, 0.15) is 29.7 Å². The number of aliphatic hydroxyl groups is 9. The van der Waals surface area contributed by atoms with E-state index >= 15 is 0 Å². The lowest BCUT2D eigenvalue weighted by molar-refractivity contribution is -0.325. The summed E-state index contributed by atoms with van der Waals surface area (Å²) in [7, 11) is 3.90. The van der Waals surface area contributed by atoms with Crippen LogP contribution in [0.2, 0.25) is 0 Å². The molecular formula is C45H54O24. The van der Waals surface area contributed by atoms with Gasteiger partial charge in [0.1, 0.15) is 84.0 Å². The number of benzene rings is 3. The van der Waals surface area contributed by atoms with Crippen LogP contribution in [0.25, 0.3) is 12.2 Å². The van der Waals surface area contributed by atoms with Crippen molar-refractivity contribution in [2.24, 2.45) is 0 Å². The Morgan fingerprint density at radius 1 is 0.667 bits per heavy atom. The van der Waals surface area contributed by atoms with Crippen molar-refractivity contribution in [1.29, 1.82) is 0 Å². The molecule has 3 aromatic carbocycles. The summed E-state index contributed by atoms with van der Waals surface area (Å²) >= 11 is 0. The van der Waals surface area contributed by atoms with E-state index in [1.807, 2.05) is 0 Å². The maximum absolute atomic E-state index is 12.7. The molecule has 0 aliphatic carbocycles. The molecule has 0 saturated carbocycles. The largest absolute Gasteiger partial charge is 0.508 e. The zero-order valence-corrected chi connectivity index (χ0v) is 37.2. The first kappa shape index (κ1) is 51.1. The topological polar surface area (TPSA) is 361 Å². The van der Waals surface area contributed by atoms with E-state index in [4.69, 9.17) is 52.1 Å². The Balaban J connectivity index is 1.11. The zero-order valence-electron chi connectivity index (χ0n) is 37.2. The smallest absolute Gasteiger partial charge is 0.331 e. The van der Waals surface area contributed by atoms with Crippen LogP contribution in [0.3, 0.4) is 0 Å². The summed E-state index contributed by atoms with van der Waals surface area (Å²) in [4.78, 5) is 12.7. The van der Waals surface area contributed by atoms with E-state index in [0.29, 0.717) is 5.56 Å². The summed E-state index contributed by atoms with van der Waals surface area (Å²) in [6.07, 6.45) is -23.0. The highest BCUT2D eigenvalue weighted by atomic mass is 16.7. The second-order valence-corrected chi connectivity index (χ2v) is 16.3. The molecule has 3 fully saturated rings. The van der Waals surface area contributed by atoms with E-state index in [2.05, 4.69) is 0 Å². The third-order valence-corrected chi connectivity index (χ3v) is 11.8. The molecule has 4 heterocycles. The maximum Gasteiger partial charge on any atom is 0.331 e. The fourth-order valence-corrected chi connectivity index (χ4v) is 7.93. The average molecular weight is 979 g/mol. The minimum atomic E-state index is -1.98. The molecule has 24 nitrogen and oxygen atoms in total. The van der Waals surface area contributed by atoms with Crippen LogP contribution in [0.15, 0.2) is 54.3 Å². The van der Waals surface area contributed by atoms with E-state index in [0.717, 1.165) is 12.1 Å². The van der Waals surface area contributed by atoms with Crippen LogP contribution in [0.4, 0.5) is 0 Å². The minimum absolute atomic E-state index is 0.00592. The molecule has 69 heavy (non-hydrogen) atoms. The van der Waals surface area contributed by atoms with Crippen molar-refractivity contribution in [3.8, 4) is 46.0 Å². The fraction of sp³-hybridized carbons (Fsp3) is 0.489. The number of phenolic OH excluding ortho intramolecular Hbond substituents is 3. The first-order chi connectivity index (χ1) is 32.9. The van der Waals surface area contributed by atoms with Crippen molar-refractivity contribution in [2.75, 3.05) is 34.5 Å². The van der Waals surface area contributed by atoms with Crippen LogP contribution in [-0.2, 0) is 33.2 Å². The summed E-state index contributed by atoms with van der Waals surface area (Å²) in [5, 5.41) is 128. The van der Waals surface area contributed by atoms with Crippen LogP contribution in [0, 0.1) is 0 Å². The SMILES string of the molecule is COc1cc(/C=C/C(=O)O[C@@H]2[C@@H](O)[C@@H](O)[C@H](OC[C@H]3O[C@@H](OC4=Cc5c(cc(O)cc5O[C@@H]5O[C@H](CO)[C@@H](O)[C@H](O)[C@H]5O)OC4c4cc(OC)c(O)c(OC)c4)[C@H](O)[C@@H](O)[C@@H]3O)O[C@H]2C)ccc1O. The van der Waals surface area contributed by atoms with Gasteiger partial charge in [-0.1, -0.05) is 6.07 Å². The van der Waals surface area contributed by atoms with Gasteiger partial charge in [-0.3, -0.25) is 0 Å². The van der Waals surface area contributed by atoms with Crippen molar-refractivity contribution < 1.29 is 118 Å². The van der Waals surface area contributed by atoms with Crippen LogP contribution < -0.4 is 23.7 Å². The Morgan fingerprint density at radius 2 is 1.28 bits per heavy atom. The predicted octanol–water partition coefficient (Wildman–Crippen LogP) is -1.58. The molecule has 0 spiro atoms. The number of esters is 1. The van der Waals surface area contributed by atoms with Gasteiger partial charge in [0.05, 0.1) is 46.2 Å². The maximum atomic E-state index is 12.7. The molecule has 0 amide bonds. The summed E-state index contributed by atoms with van der Waals surface area (Å²) in [6.45, 7) is -0.00268. The Morgan fingerprint density at radius 3 is 1.91 bits per heavy atom. The lowest BCUT2D eigenvalue weighted by atomic mass is 9.97. The van der Waals surface area contributed by atoms with Crippen LogP contribution in [0.5, 0.6) is 46.0 Å². The number of aliphatic hydroxyl groups excluding tert-OH is 9. The van der Waals surface area contributed by atoms with Crippen molar-refractivity contribution in [3.05, 3.63) is 71.0 Å². The van der Waals surface area contributed by atoms with E-state index in [1.54, 1.807) is 0 Å². The molecular weight excluding hydrogens is 924 g/mol. The van der Waals surface area contributed by atoms with Gasteiger partial charge in [0.2, 0.25) is 18.3 Å². The highest BCUT2D eigenvalue weighted by molar-refractivity contribution is 5.87.